The summed E-state index contributed by atoms with van der Waals surface area (Å²) in [6.07, 6.45) is 5.75. The quantitative estimate of drug-likeness (QED) is 0.815. The number of allylic oxidation sites excluding steroid dienone is 5. The highest BCUT2D eigenvalue weighted by molar-refractivity contribution is 5.97. The van der Waals surface area contributed by atoms with E-state index >= 15 is 0 Å². The highest BCUT2D eigenvalue weighted by atomic mass is 19.4. The monoisotopic (exact) mass is 313 g/mol. The van der Waals surface area contributed by atoms with Crippen LogP contribution >= 0.6 is 0 Å². The first-order valence-corrected chi connectivity index (χ1v) is 6.21. The number of amides is 1. The van der Waals surface area contributed by atoms with E-state index in [0.717, 1.165) is 26.0 Å². The van der Waals surface area contributed by atoms with Gasteiger partial charge in [-0.25, -0.2) is 4.79 Å². The number of carbonyl (C=O) groups is 2. The van der Waals surface area contributed by atoms with Crippen molar-refractivity contribution in [2.24, 2.45) is 5.41 Å². The van der Waals surface area contributed by atoms with Gasteiger partial charge in [-0.2, -0.15) is 13.2 Å². The van der Waals surface area contributed by atoms with E-state index in [-0.39, 0.29) is 5.70 Å². The van der Waals surface area contributed by atoms with Crippen LogP contribution in [0.25, 0.3) is 0 Å². The van der Waals surface area contributed by atoms with Crippen LogP contribution in [0.5, 0.6) is 0 Å². The second-order valence-corrected chi connectivity index (χ2v) is 4.90. The Kier molecular flexibility index (Phi) is 4.87. The molecule has 4 nitrogen and oxygen atoms in total. The Balaban J connectivity index is 3.44. The van der Waals surface area contributed by atoms with Crippen LogP contribution in [0, 0.1) is 17.8 Å². The highest BCUT2D eigenvalue weighted by Crippen LogP contribution is 2.42. The van der Waals surface area contributed by atoms with E-state index in [9.17, 15) is 22.8 Å². The predicted octanol–water partition coefficient (Wildman–Crippen LogP) is 2.50. The summed E-state index contributed by atoms with van der Waals surface area (Å²) in [4.78, 5) is 23.5. The summed E-state index contributed by atoms with van der Waals surface area (Å²) in [5.41, 5.74) is -2.57. The van der Waals surface area contributed by atoms with Crippen molar-refractivity contribution >= 4 is 11.9 Å². The zero-order valence-corrected chi connectivity index (χ0v) is 11.9. The van der Waals surface area contributed by atoms with Gasteiger partial charge in [0.1, 0.15) is 11.5 Å². The van der Waals surface area contributed by atoms with Crippen LogP contribution in [0.15, 0.2) is 36.1 Å². The van der Waals surface area contributed by atoms with Gasteiger partial charge in [0.05, 0.1) is 0 Å². The highest BCUT2D eigenvalue weighted by Gasteiger charge is 2.48. The lowest BCUT2D eigenvalue weighted by atomic mass is 9.88. The SMILES string of the molecule is C#CC(=O)N(C1=CC(C)(C(F)(F)F)C=CC=C1)[C@@H](C)C(=O)O. The number of hydrogen-bond acceptors (Lipinski definition) is 2. The molecule has 1 unspecified atom stereocenters. The molecule has 0 bridgehead atoms. The molecular formula is C15H14F3NO3. The van der Waals surface area contributed by atoms with Crippen LogP contribution in [0.2, 0.25) is 0 Å². The van der Waals surface area contributed by atoms with Gasteiger partial charge >= 0.3 is 18.1 Å². The van der Waals surface area contributed by atoms with Crippen LogP contribution in [0.3, 0.4) is 0 Å². The van der Waals surface area contributed by atoms with Crippen molar-refractivity contribution in [3.05, 3.63) is 36.1 Å². The van der Waals surface area contributed by atoms with Crippen molar-refractivity contribution in [2.45, 2.75) is 26.1 Å². The molecule has 1 aliphatic carbocycles. The topological polar surface area (TPSA) is 57.6 Å². The third-order valence-electron chi connectivity index (χ3n) is 3.24. The fourth-order valence-corrected chi connectivity index (χ4v) is 1.84. The fraction of sp³-hybridized carbons (Fsp3) is 0.333. The Morgan fingerprint density at radius 2 is 2.00 bits per heavy atom. The van der Waals surface area contributed by atoms with Crippen molar-refractivity contribution in [1.82, 2.24) is 4.90 Å². The van der Waals surface area contributed by atoms with Gasteiger partial charge in [0.2, 0.25) is 0 Å². The normalized spacial score (nSPS) is 22.3. The zero-order valence-electron chi connectivity index (χ0n) is 11.9. The van der Waals surface area contributed by atoms with E-state index in [1.165, 1.54) is 18.2 Å². The molecule has 0 fully saturated rings. The Morgan fingerprint density at radius 1 is 1.41 bits per heavy atom. The van der Waals surface area contributed by atoms with E-state index < -0.39 is 29.5 Å². The molecule has 1 amide bonds. The van der Waals surface area contributed by atoms with E-state index in [2.05, 4.69) is 0 Å². The minimum Gasteiger partial charge on any atom is -0.480 e. The maximum atomic E-state index is 13.2. The number of terminal acetylenes is 1. The molecule has 0 aromatic carbocycles. The van der Waals surface area contributed by atoms with Crippen molar-refractivity contribution in [3.63, 3.8) is 0 Å². The number of carboxylic acid groups (broad SMARTS) is 1. The number of carboxylic acids is 1. The maximum absolute atomic E-state index is 13.2. The molecule has 0 aromatic heterocycles. The van der Waals surface area contributed by atoms with Gasteiger partial charge in [0.25, 0.3) is 0 Å². The van der Waals surface area contributed by atoms with Gasteiger partial charge in [0.15, 0.2) is 0 Å². The standard InChI is InChI=1S/C15H14F3NO3/c1-4-12(20)19(10(2)13(21)22)11-7-5-6-8-14(3,9-11)15(16,17)18/h1,5-10H,2-3H3,(H,21,22)/t10-,14?/m0/s1. The number of nitrogens with zero attached hydrogens (tertiary/aromatic N) is 1. The lowest BCUT2D eigenvalue weighted by Gasteiger charge is -2.30. The second kappa shape index (κ2) is 6.10. The molecule has 0 saturated carbocycles. The molecule has 1 rings (SSSR count). The number of rotatable bonds is 3. The molecule has 1 N–H and O–H groups in total. The van der Waals surface area contributed by atoms with Crippen LogP contribution in [-0.4, -0.2) is 34.1 Å². The van der Waals surface area contributed by atoms with Gasteiger partial charge in [-0.15, -0.1) is 6.42 Å². The van der Waals surface area contributed by atoms with Crippen molar-refractivity contribution < 1.29 is 27.9 Å². The van der Waals surface area contributed by atoms with Crippen molar-refractivity contribution in [1.29, 1.82) is 0 Å². The van der Waals surface area contributed by atoms with Crippen molar-refractivity contribution in [3.8, 4) is 12.3 Å². The van der Waals surface area contributed by atoms with Crippen LogP contribution in [-0.2, 0) is 9.59 Å². The zero-order chi connectivity index (χ0) is 17.1. The molecule has 0 heterocycles. The summed E-state index contributed by atoms with van der Waals surface area (Å²) >= 11 is 0. The third-order valence-corrected chi connectivity index (χ3v) is 3.24. The Labute approximate surface area is 125 Å². The lowest BCUT2D eigenvalue weighted by Crippen LogP contribution is -2.42. The number of carbonyl (C=O) groups excluding carboxylic acids is 1. The fourth-order valence-electron chi connectivity index (χ4n) is 1.84. The second-order valence-electron chi connectivity index (χ2n) is 4.90. The minimum absolute atomic E-state index is 0.220. The molecule has 0 saturated heterocycles. The minimum atomic E-state index is -4.61. The predicted molar refractivity (Wildman–Crippen MR) is 73.3 cm³/mol. The molecular weight excluding hydrogens is 299 g/mol. The van der Waals surface area contributed by atoms with Crippen LogP contribution < -0.4 is 0 Å². The summed E-state index contributed by atoms with van der Waals surface area (Å²) in [5, 5.41) is 9.04. The maximum Gasteiger partial charge on any atom is 0.401 e. The summed E-state index contributed by atoms with van der Waals surface area (Å²) < 4.78 is 39.6. The van der Waals surface area contributed by atoms with Gasteiger partial charge in [-0.3, -0.25) is 9.69 Å². The smallest absolute Gasteiger partial charge is 0.401 e. The first kappa shape index (κ1) is 17.6. The van der Waals surface area contributed by atoms with Crippen LogP contribution in [0.4, 0.5) is 13.2 Å². The first-order chi connectivity index (χ1) is 10.0. The molecule has 0 radical (unpaired) electrons. The summed E-state index contributed by atoms with van der Waals surface area (Å²) in [7, 11) is 0. The third kappa shape index (κ3) is 3.39. The number of alkyl halides is 3. The molecule has 0 aliphatic heterocycles. The Bertz CT molecular complexity index is 611. The molecule has 0 aromatic rings. The summed E-state index contributed by atoms with van der Waals surface area (Å²) in [6, 6.07) is -1.41. The number of aliphatic carboxylic acids is 1. The molecule has 118 valence electrons. The molecule has 0 spiro atoms. The van der Waals surface area contributed by atoms with E-state index in [0.29, 0.717) is 4.90 Å². The average molecular weight is 313 g/mol. The number of hydrogen-bond donors (Lipinski definition) is 1. The molecule has 22 heavy (non-hydrogen) atoms. The lowest BCUT2D eigenvalue weighted by molar-refractivity contribution is -0.183. The molecule has 7 heteroatoms. The van der Waals surface area contributed by atoms with Gasteiger partial charge in [-0.1, -0.05) is 18.2 Å². The van der Waals surface area contributed by atoms with Crippen LogP contribution in [0.1, 0.15) is 13.8 Å². The van der Waals surface area contributed by atoms with E-state index in [4.69, 9.17) is 11.5 Å². The van der Waals surface area contributed by atoms with E-state index in [1.807, 2.05) is 0 Å². The van der Waals surface area contributed by atoms with Gasteiger partial charge in [0, 0.05) is 5.70 Å². The Morgan fingerprint density at radius 3 is 2.45 bits per heavy atom. The molecule has 1 aliphatic rings. The van der Waals surface area contributed by atoms with Crippen molar-refractivity contribution in [2.75, 3.05) is 0 Å². The van der Waals surface area contributed by atoms with E-state index in [1.54, 1.807) is 5.92 Å². The number of halogens is 3. The largest absolute Gasteiger partial charge is 0.480 e. The van der Waals surface area contributed by atoms with Gasteiger partial charge < -0.3 is 5.11 Å². The summed E-state index contributed by atoms with van der Waals surface area (Å²) in [5.74, 6) is -0.684. The average Bonchev–Trinajstić information content (AvgIpc) is 2.61. The van der Waals surface area contributed by atoms with Gasteiger partial charge in [-0.05, 0) is 31.9 Å². The summed E-state index contributed by atoms with van der Waals surface area (Å²) in [6.45, 7) is 2.08. The first-order valence-electron chi connectivity index (χ1n) is 6.21. The molecule has 2 atom stereocenters. The Hall–Kier alpha value is -2.49.